The van der Waals surface area contributed by atoms with E-state index in [9.17, 15) is 18.0 Å². The average molecular weight is 454 g/mol. The number of alkyl halides is 3. The molecule has 2 aliphatic heterocycles. The molecule has 11 heteroatoms. The Morgan fingerprint density at radius 1 is 1.18 bits per heavy atom. The van der Waals surface area contributed by atoms with Crippen molar-refractivity contribution in [3.05, 3.63) is 59.8 Å². The molecule has 5 heterocycles. The van der Waals surface area contributed by atoms with Crippen molar-refractivity contribution in [1.29, 1.82) is 0 Å². The molecule has 8 nitrogen and oxygen atoms in total. The number of hydrogen-bond donors (Lipinski definition) is 1. The van der Waals surface area contributed by atoms with Crippen LogP contribution in [0.1, 0.15) is 40.5 Å². The molecule has 2 atom stereocenters. The standard InChI is InChI=1S/C22H17F3N6O2/c23-22(24,25)11-1-2-13-16-6-12(33-19(13)5-11)3-4-30(16)21(32)14-7-17-15(8-28-14)29-20(26)18-9-27-10-31(17)18/h1-2,5,7-10,12,16H,3-4,6H2,(H2,26,29)/t12-,16+/m0/s1. The number of pyridine rings is 1. The number of halogens is 3. The van der Waals surface area contributed by atoms with Crippen molar-refractivity contribution in [2.24, 2.45) is 0 Å². The fourth-order valence-electron chi connectivity index (χ4n) is 4.69. The van der Waals surface area contributed by atoms with Gasteiger partial charge in [-0.15, -0.1) is 0 Å². The number of carbonyl (C=O) groups excluding carboxylic acids is 1. The number of amides is 1. The lowest BCUT2D eigenvalue weighted by Gasteiger charge is -2.44. The molecule has 2 aliphatic rings. The maximum atomic E-state index is 13.5. The Morgan fingerprint density at radius 3 is 2.85 bits per heavy atom. The molecule has 2 N–H and O–H groups in total. The van der Waals surface area contributed by atoms with Crippen molar-refractivity contribution in [1.82, 2.24) is 24.3 Å². The van der Waals surface area contributed by atoms with Crippen LogP contribution in [0.3, 0.4) is 0 Å². The fourth-order valence-corrected chi connectivity index (χ4v) is 4.69. The van der Waals surface area contributed by atoms with Gasteiger partial charge in [0.25, 0.3) is 5.91 Å². The van der Waals surface area contributed by atoms with Gasteiger partial charge in [0.15, 0.2) is 0 Å². The van der Waals surface area contributed by atoms with Gasteiger partial charge in [-0.05, 0) is 18.2 Å². The van der Waals surface area contributed by atoms with E-state index in [1.165, 1.54) is 12.3 Å². The number of nitrogens with two attached hydrogens (primary N) is 1. The summed E-state index contributed by atoms with van der Waals surface area (Å²) in [4.78, 5) is 27.9. The largest absolute Gasteiger partial charge is 0.490 e. The predicted octanol–water partition coefficient (Wildman–Crippen LogP) is 3.62. The van der Waals surface area contributed by atoms with Crippen molar-refractivity contribution >= 4 is 28.3 Å². The average Bonchev–Trinajstić information content (AvgIpc) is 3.29. The minimum absolute atomic E-state index is 0.176. The first-order chi connectivity index (χ1) is 15.8. The first-order valence-electron chi connectivity index (χ1n) is 10.4. The van der Waals surface area contributed by atoms with E-state index in [0.29, 0.717) is 47.3 Å². The van der Waals surface area contributed by atoms with Crippen LogP contribution >= 0.6 is 0 Å². The number of ether oxygens (including phenoxy) is 1. The number of benzene rings is 1. The number of nitrogens with zero attached hydrogens (tertiary/aromatic N) is 5. The molecule has 33 heavy (non-hydrogen) atoms. The molecule has 0 unspecified atom stereocenters. The fraction of sp³-hybridized carbons (Fsp3) is 0.273. The zero-order valence-corrected chi connectivity index (χ0v) is 17.1. The highest BCUT2D eigenvalue weighted by atomic mass is 19.4. The molecule has 6 rings (SSSR count). The maximum Gasteiger partial charge on any atom is 0.416 e. The van der Waals surface area contributed by atoms with Gasteiger partial charge in [0.05, 0.1) is 35.8 Å². The molecular formula is C22H17F3N6O2. The molecule has 3 aromatic heterocycles. The molecule has 0 radical (unpaired) electrons. The summed E-state index contributed by atoms with van der Waals surface area (Å²) in [5.41, 5.74) is 7.74. The molecule has 2 bridgehead atoms. The minimum atomic E-state index is -4.47. The zero-order chi connectivity index (χ0) is 22.9. The molecule has 1 fully saturated rings. The van der Waals surface area contributed by atoms with Crippen LogP contribution in [0.15, 0.2) is 43.0 Å². The van der Waals surface area contributed by atoms with E-state index in [1.54, 1.807) is 27.9 Å². The molecule has 1 aromatic carbocycles. The maximum absolute atomic E-state index is 13.5. The van der Waals surface area contributed by atoms with Crippen molar-refractivity contribution < 1.29 is 22.7 Å². The highest BCUT2D eigenvalue weighted by Crippen LogP contribution is 2.45. The Labute approximate surface area is 184 Å². The number of likely N-dealkylation sites (tertiary alicyclic amines) is 1. The molecule has 0 aliphatic carbocycles. The van der Waals surface area contributed by atoms with Gasteiger partial charge in [-0.1, -0.05) is 6.07 Å². The Morgan fingerprint density at radius 2 is 2.03 bits per heavy atom. The van der Waals surface area contributed by atoms with Crippen LogP contribution in [0.4, 0.5) is 19.0 Å². The molecule has 1 amide bonds. The third-order valence-electron chi connectivity index (χ3n) is 6.29. The molecule has 168 valence electrons. The second kappa shape index (κ2) is 6.80. The summed E-state index contributed by atoms with van der Waals surface area (Å²) in [5.74, 6) is 0.174. The summed E-state index contributed by atoms with van der Waals surface area (Å²) < 4.78 is 47.0. The van der Waals surface area contributed by atoms with Crippen LogP contribution in [-0.2, 0) is 6.18 Å². The number of fused-ring (bicyclic) bond motifs is 7. The quantitative estimate of drug-likeness (QED) is 0.472. The lowest BCUT2D eigenvalue weighted by Crippen LogP contribution is -2.46. The lowest BCUT2D eigenvalue weighted by molar-refractivity contribution is -0.137. The second-order valence-electron chi connectivity index (χ2n) is 8.23. The van der Waals surface area contributed by atoms with Crippen molar-refractivity contribution in [2.45, 2.75) is 31.2 Å². The van der Waals surface area contributed by atoms with Gasteiger partial charge in [0, 0.05) is 24.9 Å². The number of piperidine rings is 1. The molecule has 0 saturated carbocycles. The smallest absolute Gasteiger partial charge is 0.416 e. The second-order valence-corrected chi connectivity index (χ2v) is 8.23. The summed E-state index contributed by atoms with van der Waals surface area (Å²) in [6, 6.07) is 4.69. The van der Waals surface area contributed by atoms with Gasteiger partial charge >= 0.3 is 6.18 Å². The summed E-state index contributed by atoms with van der Waals surface area (Å²) in [7, 11) is 0. The first-order valence-corrected chi connectivity index (χ1v) is 10.4. The van der Waals surface area contributed by atoms with Gasteiger partial charge in [-0.25, -0.2) is 15.0 Å². The van der Waals surface area contributed by atoms with E-state index in [-0.39, 0.29) is 23.5 Å². The Balaban J connectivity index is 1.39. The first kappa shape index (κ1) is 19.8. The third-order valence-corrected chi connectivity index (χ3v) is 6.29. The van der Waals surface area contributed by atoms with E-state index in [1.807, 2.05) is 0 Å². The van der Waals surface area contributed by atoms with Crippen LogP contribution in [0.5, 0.6) is 5.75 Å². The summed E-state index contributed by atoms with van der Waals surface area (Å²) in [6.07, 6.45) is 0.990. The number of anilines is 1. The SMILES string of the molecule is Nc1nc2cnc(C(=O)N3CC[C@H]4C[C@@H]3c3ccc(C(F)(F)F)cc3O4)cc2n2cncc12. The van der Waals surface area contributed by atoms with E-state index >= 15 is 0 Å². The monoisotopic (exact) mass is 454 g/mol. The van der Waals surface area contributed by atoms with Crippen molar-refractivity contribution in [2.75, 3.05) is 12.3 Å². The third kappa shape index (κ3) is 3.06. The van der Waals surface area contributed by atoms with Crippen LogP contribution < -0.4 is 10.5 Å². The molecule has 4 aromatic rings. The summed E-state index contributed by atoms with van der Waals surface area (Å²) in [5, 5.41) is 0. The Hall–Kier alpha value is -3.89. The van der Waals surface area contributed by atoms with Crippen LogP contribution in [0, 0.1) is 0 Å². The summed E-state index contributed by atoms with van der Waals surface area (Å²) >= 11 is 0. The normalized spacial score (nSPS) is 20.0. The number of aromatic nitrogens is 4. The number of imidazole rings is 1. The van der Waals surface area contributed by atoms with Crippen LogP contribution in [-0.4, -0.2) is 42.8 Å². The molecule has 1 saturated heterocycles. The van der Waals surface area contributed by atoms with E-state index in [0.717, 1.165) is 12.1 Å². The van der Waals surface area contributed by atoms with Crippen molar-refractivity contribution in [3.63, 3.8) is 0 Å². The van der Waals surface area contributed by atoms with Gasteiger partial charge < -0.3 is 15.4 Å². The zero-order valence-electron chi connectivity index (χ0n) is 17.1. The Bertz CT molecular complexity index is 1430. The number of nitrogen functional groups attached to an aromatic ring is 1. The van der Waals surface area contributed by atoms with Gasteiger partial charge in [0.2, 0.25) is 0 Å². The van der Waals surface area contributed by atoms with E-state index in [2.05, 4.69) is 15.0 Å². The molecular weight excluding hydrogens is 437 g/mol. The predicted molar refractivity (Wildman–Crippen MR) is 112 cm³/mol. The van der Waals surface area contributed by atoms with Crippen LogP contribution in [0.25, 0.3) is 16.6 Å². The van der Waals surface area contributed by atoms with E-state index < -0.39 is 17.8 Å². The number of hydrogen-bond acceptors (Lipinski definition) is 6. The molecule has 0 spiro atoms. The highest BCUT2D eigenvalue weighted by molar-refractivity contribution is 5.96. The minimum Gasteiger partial charge on any atom is -0.490 e. The van der Waals surface area contributed by atoms with E-state index in [4.69, 9.17) is 10.5 Å². The van der Waals surface area contributed by atoms with Gasteiger partial charge in [-0.3, -0.25) is 9.20 Å². The highest BCUT2D eigenvalue weighted by Gasteiger charge is 2.41. The number of carbonyl (C=O) groups is 1. The van der Waals surface area contributed by atoms with Gasteiger partial charge in [0.1, 0.15) is 34.4 Å². The van der Waals surface area contributed by atoms with Crippen LogP contribution in [0.2, 0.25) is 0 Å². The topological polar surface area (TPSA) is 98.6 Å². The Kier molecular flexibility index (Phi) is 4.08. The van der Waals surface area contributed by atoms with Gasteiger partial charge in [-0.2, -0.15) is 13.2 Å². The number of rotatable bonds is 1. The van der Waals surface area contributed by atoms with Crippen molar-refractivity contribution in [3.8, 4) is 5.75 Å². The summed E-state index contributed by atoms with van der Waals surface area (Å²) in [6.45, 7) is 0.412. The lowest BCUT2D eigenvalue weighted by atomic mass is 9.89.